The molecule has 2 heterocycles. The number of amides is 1. The van der Waals surface area contributed by atoms with Crippen LogP contribution in [-0.4, -0.2) is 69.6 Å². The molecular formula is C22H27N3O4S. The van der Waals surface area contributed by atoms with Crippen molar-refractivity contribution >= 4 is 21.6 Å². The minimum absolute atomic E-state index is 0.0632. The molecule has 2 saturated heterocycles. The summed E-state index contributed by atoms with van der Waals surface area (Å²) in [5.41, 5.74) is 1.000. The average Bonchev–Trinajstić information content (AvgIpc) is 3.27. The second kappa shape index (κ2) is 9.16. The van der Waals surface area contributed by atoms with Gasteiger partial charge in [-0.1, -0.05) is 18.2 Å². The first-order chi connectivity index (χ1) is 14.5. The number of ether oxygens (including phenoxy) is 1. The first-order valence-corrected chi connectivity index (χ1v) is 11.8. The molecule has 2 aromatic carbocycles. The highest BCUT2D eigenvalue weighted by molar-refractivity contribution is 7.92. The molecule has 2 fully saturated rings. The molecule has 4 rings (SSSR count). The maximum atomic E-state index is 12.8. The summed E-state index contributed by atoms with van der Waals surface area (Å²) in [6, 6.07) is 14.8. The molecule has 2 aromatic rings. The van der Waals surface area contributed by atoms with Gasteiger partial charge in [0.1, 0.15) is 0 Å². The van der Waals surface area contributed by atoms with Crippen molar-refractivity contribution in [3.05, 3.63) is 60.2 Å². The van der Waals surface area contributed by atoms with Gasteiger partial charge >= 0.3 is 0 Å². The lowest BCUT2D eigenvalue weighted by Gasteiger charge is -2.35. The van der Waals surface area contributed by atoms with E-state index in [9.17, 15) is 13.2 Å². The minimum Gasteiger partial charge on any atom is -0.377 e. The van der Waals surface area contributed by atoms with Crippen LogP contribution in [0, 0.1) is 0 Å². The molecule has 2 aliphatic heterocycles. The number of rotatable bonds is 6. The van der Waals surface area contributed by atoms with Gasteiger partial charge in [0.2, 0.25) is 0 Å². The Balaban J connectivity index is 1.34. The largest absolute Gasteiger partial charge is 0.377 e. The van der Waals surface area contributed by atoms with E-state index in [1.807, 2.05) is 11.0 Å². The van der Waals surface area contributed by atoms with Crippen LogP contribution in [0.4, 0.5) is 5.69 Å². The fourth-order valence-electron chi connectivity index (χ4n) is 3.89. The summed E-state index contributed by atoms with van der Waals surface area (Å²) in [6.45, 7) is 4.79. The van der Waals surface area contributed by atoms with E-state index in [4.69, 9.17) is 4.74 Å². The Labute approximate surface area is 177 Å². The van der Waals surface area contributed by atoms with Crippen molar-refractivity contribution in [3.8, 4) is 0 Å². The highest BCUT2D eigenvalue weighted by Gasteiger charge is 2.25. The number of benzene rings is 2. The first kappa shape index (κ1) is 20.8. The Kier molecular flexibility index (Phi) is 6.36. The zero-order chi connectivity index (χ0) is 21.0. The molecular weight excluding hydrogens is 402 g/mol. The van der Waals surface area contributed by atoms with Crippen molar-refractivity contribution in [2.75, 3.05) is 44.1 Å². The second-order valence-electron chi connectivity index (χ2n) is 7.72. The summed E-state index contributed by atoms with van der Waals surface area (Å²) in [4.78, 5) is 17.1. The number of anilines is 1. The van der Waals surface area contributed by atoms with Crippen molar-refractivity contribution in [1.29, 1.82) is 0 Å². The smallest absolute Gasteiger partial charge is 0.261 e. The van der Waals surface area contributed by atoms with E-state index in [1.165, 1.54) is 12.1 Å². The SMILES string of the molecule is O=C(c1ccc(S(=O)(=O)Nc2ccccc2)cc1)N1CCN(CC2CCCO2)CC1. The van der Waals surface area contributed by atoms with E-state index in [0.717, 1.165) is 39.1 Å². The third-order valence-electron chi connectivity index (χ3n) is 5.58. The molecule has 0 radical (unpaired) electrons. The lowest BCUT2D eigenvalue weighted by atomic mass is 10.1. The Morgan fingerprint density at radius 2 is 1.70 bits per heavy atom. The fourth-order valence-corrected chi connectivity index (χ4v) is 4.95. The van der Waals surface area contributed by atoms with Gasteiger partial charge in [0.25, 0.3) is 15.9 Å². The molecule has 8 heteroatoms. The Bertz CT molecular complexity index is 950. The molecule has 2 aliphatic rings. The van der Waals surface area contributed by atoms with E-state index in [0.29, 0.717) is 30.4 Å². The molecule has 0 saturated carbocycles. The zero-order valence-electron chi connectivity index (χ0n) is 16.9. The van der Waals surface area contributed by atoms with Crippen molar-refractivity contribution in [1.82, 2.24) is 9.80 Å². The number of para-hydroxylation sites is 1. The summed E-state index contributed by atoms with van der Waals surface area (Å²) in [5.74, 6) is -0.0632. The lowest BCUT2D eigenvalue weighted by molar-refractivity contribution is 0.0432. The number of sulfonamides is 1. The van der Waals surface area contributed by atoms with E-state index in [1.54, 1.807) is 36.4 Å². The summed E-state index contributed by atoms with van der Waals surface area (Å²) in [6.07, 6.45) is 2.58. The molecule has 1 N–H and O–H groups in total. The molecule has 0 aromatic heterocycles. The van der Waals surface area contributed by atoms with Crippen molar-refractivity contribution in [2.45, 2.75) is 23.8 Å². The van der Waals surface area contributed by atoms with Gasteiger partial charge in [0, 0.05) is 50.6 Å². The summed E-state index contributed by atoms with van der Waals surface area (Å²) < 4.78 is 33.3. The van der Waals surface area contributed by atoms with Gasteiger partial charge in [0.15, 0.2) is 0 Å². The van der Waals surface area contributed by atoms with Gasteiger partial charge in [-0.05, 0) is 49.2 Å². The quantitative estimate of drug-likeness (QED) is 0.763. The minimum atomic E-state index is -3.69. The van der Waals surface area contributed by atoms with Gasteiger partial charge in [-0.3, -0.25) is 14.4 Å². The Hall–Kier alpha value is -2.42. The van der Waals surface area contributed by atoms with Crippen LogP contribution in [0.1, 0.15) is 23.2 Å². The zero-order valence-corrected chi connectivity index (χ0v) is 17.7. The van der Waals surface area contributed by atoms with Crippen molar-refractivity contribution in [2.24, 2.45) is 0 Å². The third-order valence-corrected chi connectivity index (χ3v) is 6.98. The van der Waals surface area contributed by atoms with Crippen LogP contribution in [0.3, 0.4) is 0 Å². The molecule has 1 unspecified atom stereocenters. The molecule has 1 atom stereocenters. The highest BCUT2D eigenvalue weighted by atomic mass is 32.2. The number of carbonyl (C=O) groups is 1. The molecule has 160 valence electrons. The summed E-state index contributed by atoms with van der Waals surface area (Å²) in [5, 5.41) is 0. The van der Waals surface area contributed by atoms with Crippen LogP contribution in [0.15, 0.2) is 59.5 Å². The van der Waals surface area contributed by atoms with Gasteiger partial charge in [-0.2, -0.15) is 0 Å². The molecule has 0 spiro atoms. The predicted molar refractivity (Wildman–Crippen MR) is 115 cm³/mol. The molecule has 30 heavy (non-hydrogen) atoms. The van der Waals surface area contributed by atoms with Crippen LogP contribution in [0.25, 0.3) is 0 Å². The maximum absolute atomic E-state index is 12.8. The van der Waals surface area contributed by atoms with Crippen molar-refractivity contribution in [3.63, 3.8) is 0 Å². The van der Waals surface area contributed by atoms with Gasteiger partial charge < -0.3 is 9.64 Å². The summed E-state index contributed by atoms with van der Waals surface area (Å²) in [7, 11) is -3.69. The number of hydrogen-bond acceptors (Lipinski definition) is 5. The number of piperazine rings is 1. The highest BCUT2D eigenvalue weighted by Crippen LogP contribution is 2.18. The fraction of sp³-hybridized carbons (Fsp3) is 0.409. The third kappa shape index (κ3) is 5.00. The molecule has 0 bridgehead atoms. The number of nitrogens with zero attached hydrogens (tertiary/aromatic N) is 2. The van der Waals surface area contributed by atoms with Crippen LogP contribution in [0.5, 0.6) is 0 Å². The molecule has 1 amide bonds. The number of carbonyl (C=O) groups excluding carboxylic acids is 1. The molecule has 0 aliphatic carbocycles. The van der Waals surface area contributed by atoms with E-state index >= 15 is 0 Å². The second-order valence-corrected chi connectivity index (χ2v) is 9.41. The first-order valence-electron chi connectivity index (χ1n) is 10.3. The van der Waals surface area contributed by atoms with Crippen LogP contribution in [-0.2, 0) is 14.8 Å². The van der Waals surface area contributed by atoms with E-state index in [-0.39, 0.29) is 10.8 Å². The standard InChI is InChI=1S/C22H27N3O4S/c26-22(25-14-12-24(13-15-25)17-20-7-4-16-29-20)18-8-10-21(11-9-18)30(27,28)23-19-5-2-1-3-6-19/h1-3,5-6,8-11,20,23H,4,7,12-17H2. The van der Waals surface area contributed by atoms with Crippen LogP contribution < -0.4 is 4.72 Å². The van der Waals surface area contributed by atoms with E-state index in [2.05, 4.69) is 9.62 Å². The number of hydrogen-bond donors (Lipinski definition) is 1. The van der Waals surface area contributed by atoms with Crippen LogP contribution >= 0.6 is 0 Å². The topological polar surface area (TPSA) is 79.0 Å². The monoisotopic (exact) mass is 429 g/mol. The Morgan fingerprint density at radius 3 is 2.33 bits per heavy atom. The van der Waals surface area contributed by atoms with Gasteiger partial charge in [-0.15, -0.1) is 0 Å². The normalized spacial score (nSPS) is 20.3. The van der Waals surface area contributed by atoms with Crippen molar-refractivity contribution < 1.29 is 17.9 Å². The van der Waals surface area contributed by atoms with Gasteiger partial charge in [-0.25, -0.2) is 8.42 Å². The van der Waals surface area contributed by atoms with E-state index < -0.39 is 10.0 Å². The molecule has 7 nitrogen and oxygen atoms in total. The lowest BCUT2D eigenvalue weighted by Crippen LogP contribution is -2.50. The maximum Gasteiger partial charge on any atom is 0.261 e. The average molecular weight is 430 g/mol. The van der Waals surface area contributed by atoms with Gasteiger partial charge in [0.05, 0.1) is 11.0 Å². The Morgan fingerprint density at radius 1 is 1.00 bits per heavy atom. The number of nitrogens with one attached hydrogen (secondary N) is 1. The predicted octanol–water partition coefficient (Wildman–Crippen LogP) is 2.42. The summed E-state index contributed by atoms with van der Waals surface area (Å²) >= 11 is 0. The van der Waals surface area contributed by atoms with Crippen LogP contribution in [0.2, 0.25) is 0 Å².